The summed E-state index contributed by atoms with van der Waals surface area (Å²) in [5, 5.41) is 2.84. The average Bonchev–Trinajstić information content (AvgIpc) is 2.93. The van der Waals surface area contributed by atoms with E-state index in [0.717, 1.165) is 29.1 Å². The first-order valence-electron chi connectivity index (χ1n) is 9.89. The number of benzene rings is 1. The number of urea groups is 1. The number of likely N-dealkylation sites (tertiary alicyclic amines) is 1. The number of hydrogen-bond donors (Lipinski definition) is 1. The predicted molar refractivity (Wildman–Crippen MR) is 105 cm³/mol. The molecule has 0 radical (unpaired) electrons. The van der Waals surface area contributed by atoms with E-state index in [9.17, 15) is 14.4 Å². The monoisotopic (exact) mass is 387 g/mol. The van der Waals surface area contributed by atoms with Gasteiger partial charge in [-0.05, 0) is 55.4 Å². The zero-order valence-electron chi connectivity index (χ0n) is 17.1. The van der Waals surface area contributed by atoms with Crippen molar-refractivity contribution in [3.05, 3.63) is 29.3 Å². The summed E-state index contributed by atoms with van der Waals surface area (Å²) >= 11 is 0. The summed E-state index contributed by atoms with van der Waals surface area (Å²) in [5.74, 6) is 0.617. The van der Waals surface area contributed by atoms with Gasteiger partial charge in [0.2, 0.25) is 5.91 Å². The maximum Gasteiger partial charge on any atom is 0.325 e. The number of aryl methyl sites for hydroxylation is 1. The van der Waals surface area contributed by atoms with Gasteiger partial charge in [0.05, 0.1) is 7.11 Å². The highest BCUT2D eigenvalue weighted by molar-refractivity contribution is 6.09. The Morgan fingerprint density at radius 2 is 2.11 bits per heavy atom. The van der Waals surface area contributed by atoms with Crippen molar-refractivity contribution in [2.45, 2.75) is 45.6 Å². The topological polar surface area (TPSA) is 79.0 Å². The summed E-state index contributed by atoms with van der Waals surface area (Å²) in [7, 11) is 1.59. The Morgan fingerprint density at radius 3 is 2.71 bits per heavy atom. The third kappa shape index (κ3) is 3.45. The number of carbonyl (C=O) groups is 3. The van der Waals surface area contributed by atoms with Crippen LogP contribution >= 0.6 is 0 Å². The van der Waals surface area contributed by atoms with Crippen LogP contribution in [-0.4, -0.2) is 54.4 Å². The fourth-order valence-electron chi connectivity index (χ4n) is 4.20. The van der Waals surface area contributed by atoms with E-state index in [0.29, 0.717) is 31.0 Å². The number of methoxy groups -OCH3 is 1. The van der Waals surface area contributed by atoms with Crippen LogP contribution in [0.15, 0.2) is 18.2 Å². The predicted octanol–water partition coefficient (Wildman–Crippen LogP) is 2.42. The molecular weight excluding hydrogens is 358 g/mol. The molecule has 0 bridgehead atoms. The number of piperidine rings is 1. The van der Waals surface area contributed by atoms with E-state index in [1.165, 1.54) is 0 Å². The number of imide groups is 1. The van der Waals surface area contributed by atoms with Crippen LogP contribution in [0.1, 0.15) is 44.2 Å². The average molecular weight is 387 g/mol. The van der Waals surface area contributed by atoms with Crippen LogP contribution in [0, 0.1) is 12.8 Å². The van der Waals surface area contributed by atoms with Crippen LogP contribution in [0.5, 0.6) is 5.75 Å². The lowest BCUT2D eigenvalue weighted by molar-refractivity contribution is -0.140. The molecule has 0 aliphatic carbocycles. The number of amides is 4. The smallest absolute Gasteiger partial charge is 0.325 e. The summed E-state index contributed by atoms with van der Waals surface area (Å²) in [4.78, 5) is 41.4. The van der Waals surface area contributed by atoms with Crippen molar-refractivity contribution >= 4 is 17.8 Å². The number of carbonyl (C=O) groups excluding carboxylic acids is 3. The van der Waals surface area contributed by atoms with E-state index < -0.39 is 11.6 Å². The van der Waals surface area contributed by atoms with Crippen molar-refractivity contribution in [3.8, 4) is 5.75 Å². The third-order valence-electron chi connectivity index (χ3n) is 5.90. The van der Waals surface area contributed by atoms with Gasteiger partial charge < -0.3 is 15.0 Å². The highest BCUT2D eigenvalue weighted by Crippen LogP contribution is 2.34. The van der Waals surface area contributed by atoms with E-state index in [1.54, 1.807) is 24.1 Å². The van der Waals surface area contributed by atoms with Crippen LogP contribution in [-0.2, 0) is 15.1 Å². The van der Waals surface area contributed by atoms with Gasteiger partial charge in [-0.3, -0.25) is 14.5 Å². The lowest BCUT2D eigenvalue weighted by Crippen LogP contribution is -2.47. The standard InChI is InChI=1S/C21H29N3O4/c1-5-21(16-8-9-17(28-4)15(3)11-16)19(26)24(20(27)22-21)13-18(25)23-10-6-7-14(2)12-23/h8-9,11,14H,5-7,10,12-13H2,1-4H3,(H,22,27). The van der Waals surface area contributed by atoms with Crippen molar-refractivity contribution in [1.82, 2.24) is 15.1 Å². The quantitative estimate of drug-likeness (QED) is 0.787. The number of hydrogen-bond acceptors (Lipinski definition) is 4. The summed E-state index contributed by atoms with van der Waals surface area (Å²) < 4.78 is 5.29. The van der Waals surface area contributed by atoms with Gasteiger partial charge in [-0.25, -0.2) is 4.79 Å². The number of nitrogens with zero attached hydrogens (tertiary/aromatic N) is 2. The molecule has 0 aromatic heterocycles. The molecule has 152 valence electrons. The highest BCUT2D eigenvalue weighted by atomic mass is 16.5. The van der Waals surface area contributed by atoms with E-state index in [4.69, 9.17) is 4.74 Å². The highest BCUT2D eigenvalue weighted by Gasteiger charge is 2.52. The van der Waals surface area contributed by atoms with Gasteiger partial charge in [0.1, 0.15) is 17.8 Å². The van der Waals surface area contributed by atoms with Gasteiger partial charge in [0.25, 0.3) is 5.91 Å². The lowest BCUT2D eigenvalue weighted by Gasteiger charge is -2.32. The molecule has 7 nitrogen and oxygen atoms in total. The SMILES string of the molecule is CCC1(c2ccc(OC)c(C)c2)NC(=O)N(CC(=O)N2CCCC(C)C2)C1=O. The summed E-state index contributed by atoms with van der Waals surface area (Å²) in [6, 6.07) is 4.94. The fourth-order valence-corrected chi connectivity index (χ4v) is 4.20. The van der Waals surface area contributed by atoms with E-state index in [1.807, 2.05) is 19.9 Å². The second kappa shape index (κ2) is 7.81. The minimum atomic E-state index is -1.15. The first-order chi connectivity index (χ1) is 13.3. The summed E-state index contributed by atoms with van der Waals surface area (Å²) in [5.41, 5.74) is 0.434. The molecule has 0 spiro atoms. The Bertz CT molecular complexity index is 794. The molecule has 1 aromatic rings. The van der Waals surface area contributed by atoms with Crippen molar-refractivity contribution in [3.63, 3.8) is 0 Å². The maximum absolute atomic E-state index is 13.3. The molecule has 1 aromatic carbocycles. The number of nitrogens with one attached hydrogen (secondary N) is 1. The second-order valence-electron chi connectivity index (χ2n) is 7.85. The van der Waals surface area contributed by atoms with Crippen molar-refractivity contribution in [2.75, 3.05) is 26.7 Å². The minimum absolute atomic E-state index is 0.173. The third-order valence-corrected chi connectivity index (χ3v) is 5.90. The second-order valence-corrected chi connectivity index (χ2v) is 7.85. The molecule has 2 aliphatic heterocycles. The van der Waals surface area contributed by atoms with Gasteiger partial charge in [-0.2, -0.15) is 0 Å². The summed E-state index contributed by atoms with van der Waals surface area (Å²) in [6.07, 6.45) is 2.45. The van der Waals surface area contributed by atoms with Crippen molar-refractivity contribution < 1.29 is 19.1 Å². The Hall–Kier alpha value is -2.57. The zero-order chi connectivity index (χ0) is 20.5. The Morgan fingerprint density at radius 1 is 1.36 bits per heavy atom. The molecule has 2 aliphatic rings. The molecule has 28 heavy (non-hydrogen) atoms. The Kier molecular flexibility index (Phi) is 5.63. The molecular formula is C21H29N3O4. The lowest BCUT2D eigenvalue weighted by atomic mass is 9.86. The maximum atomic E-state index is 13.3. The van der Waals surface area contributed by atoms with E-state index in [2.05, 4.69) is 12.2 Å². The fraction of sp³-hybridized carbons (Fsp3) is 0.571. The molecule has 2 heterocycles. The largest absolute Gasteiger partial charge is 0.496 e. The van der Waals surface area contributed by atoms with Gasteiger partial charge >= 0.3 is 6.03 Å². The van der Waals surface area contributed by atoms with Crippen LogP contribution < -0.4 is 10.1 Å². The van der Waals surface area contributed by atoms with Crippen LogP contribution in [0.4, 0.5) is 4.79 Å². The number of rotatable bonds is 5. The van der Waals surface area contributed by atoms with Crippen molar-refractivity contribution in [1.29, 1.82) is 0 Å². The van der Waals surface area contributed by atoms with E-state index in [-0.39, 0.29) is 18.4 Å². The molecule has 1 N–H and O–H groups in total. The Labute approximate surface area is 166 Å². The zero-order valence-corrected chi connectivity index (χ0v) is 17.1. The van der Waals surface area contributed by atoms with E-state index >= 15 is 0 Å². The minimum Gasteiger partial charge on any atom is -0.496 e. The molecule has 0 saturated carbocycles. The Balaban J connectivity index is 1.82. The van der Waals surface area contributed by atoms with Crippen molar-refractivity contribution in [2.24, 2.45) is 5.92 Å². The first-order valence-corrected chi connectivity index (χ1v) is 9.89. The van der Waals surface area contributed by atoms with Gasteiger partial charge in [-0.1, -0.05) is 19.9 Å². The van der Waals surface area contributed by atoms with Crippen LogP contribution in [0.3, 0.4) is 0 Å². The molecule has 2 saturated heterocycles. The van der Waals surface area contributed by atoms with Crippen LogP contribution in [0.2, 0.25) is 0 Å². The molecule has 7 heteroatoms. The first kappa shape index (κ1) is 20.2. The molecule has 4 amide bonds. The summed E-state index contributed by atoms with van der Waals surface area (Å²) in [6.45, 7) is 7.01. The number of ether oxygens (including phenoxy) is 1. The molecule has 2 unspecified atom stereocenters. The van der Waals surface area contributed by atoms with Gasteiger partial charge in [0, 0.05) is 13.1 Å². The van der Waals surface area contributed by atoms with Gasteiger partial charge in [0.15, 0.2) is 0 Å². The molecule has 3 rings (SSSR count). The van der Waals surface area contributed by atoms with Gasteiger partial charge in [-0.15, -0.1) is 0 Å². The normalized spacial score (nSPS) is 25.1. The molecule has 2 fully saturated rings. The van der Waals surface area contributed by atoms with Crippen LogP contribution in [0.25, 0.3) is 0 Å². The molecule has 2 atom stereocenters.